The minimum Gasteiger partial charge on any atom is -0.351 e. The highest BCUT2D eigenvalue weighted by Gasteiger charge is 2.20. The number of nitrogens with one attached hydrogen (secondary N) is 2. The van der Waals surface area contributed by atoms with E-state index < -0.39 is 26.9 Å². The minimum atomic E-state index is -4.10. The summed E-state index contributed by atoms with van der Waals surface area (Å²) in [6.07, 6.45) is 0. The van der Waals surface area contributed by atoms with Crippen LogP contribution in [0.1, 0.15) is 10.4 Å². The number of nitrogens with two attached hydrogens (primary N) is 1. The van der Waals surface area contributed by atoms with Crippen LogP contribution in [0.2, 0.25) is 0 Å². The van der Waals surface area contributed by atoms with Crippen molar-refractivity contribution in [2.45, 2.75) is 4.90 Å². The van der Waals surface area contributed by atoms with Crippen LogP contribution in [0.3, 0.4) is 0 Å². The first-order chi connectivity index (χ1) is 11.7. The van der Waals surface area contributed by atoms with Gasteiger partial charge in [0.1, 0.15) is 5.56 Å². The summed E-state index contributed by atoms with van der Waals surface area (Å²) in [5.74, 6) is -0.724. The van der Waals surface area contributed by atoms with Crippen molar-refractivity contribution < 1.29 is 22.9 Å². The number of primary amides is 1. The second-order valence-electron chi connectivity index (χ2n) is 4.72. The molecule has 4 N–H and O–H groups in total. The number of benzene rings is 2. The summed E-state index contributed by atoms with van der Waals surface area (Å²) in [5, 5.41) is 13.4. The van der Waals surface area contributed by atoms with E-state index in [-0.39, 0.29) is 21.8 Å². The fraction of sp³-hybridized carbons (Fsp3) is 0. The molecule has 130 valence electrons. The van der Waals surface area contributed by atoms with Crippen molar-refractivity contribution in [3.05, 3.63) is 64.2 Å². The molecule has 0 bridgehead atoms. The molecule has 0 unspecified atom stereocenters. The van der Waals surface area contributed by atoms with Crippen molar-refractivity contribution in [2.75, 3.05) is 5.32 Å². The molecule has 0 aliphatic heterocycles. The van der Waals surface area contributed by atoms with Gasteiger partial charge in [0, 0.05) is 11.8 Å². The number of nitro benzene ring substituents is 1. The molecule has 3 amide bonds. The van der Waals surface area contributed by atoms with E-state index >= 15 is 0 Å². The molecule has 0 saturated heterocycles. The van der Waals surface area contributed by atoms with Crippen LogP contribution in [0.25, 0.3) is 0 Å². The van der Waals surface area contributed by atoms with Crippen LogP contribution >= 0.6 is 0 Å². The van der Waals surface area contributed by atoms with Gasteiger partial charge >= 0.3 is 6.03 Å². The Morgan fingerprint density at radius 1 is 1.04 bits per heavy atom. The Balaban J connectivity index is 2.21. The summed E-state index contributed by atoms with van der Waals surface area (Å²) in [7, 11) is -4.10. The molecule has 0 fully saturated rings. The van der Waals surface area contributed by atoms with Gasteiger partial charge in [0.2, 0.25) is 0 Å². The fourth-order valence-corrected chi connectivity index (χ4v) is 2.81. The minimum absolute atomic E-state index is 0.139. The molecule has 0 heterocycles. The zero-order valence-corrected chi connectivity index (χ0v) is 13.3. The van der Waals surface area contributed by atoms with Crippen LogP contribution in [-0.4, -0.2) is 25.3 Å². The first-order valence-corrected chi connectivity index (χ1v) is 8.16. The van der Waals surface area contributed by atoms with Gasteiger partial charge in [-0.05, 0) is 30.3 Å². The van der Waals surface area contributed by atoms with Crippen molar-refractivity contribution in [3.8, 4) is 0 Å². The molecule has 2 rings (SSSR count). The Labute approximate surface area is 141 Å². The molecule has 11 heteroatoms. The highest BCUT2D eigenvalue weighted by Crippen LogP contribution is 2.20. The van der Waals surface area contributed by atoms with Gasteiger partial charge in [0.15, 0.2) is 0 Å². The van der Waals surface area contributed by atoms with Crippen molar-refractivity contribution >= 4 is 33.3 Å². The number of urea groups is 1. The van der Waals surface area contributed by atoms with Crippen molar-refractivity contribution in [1.82, 2.24) is 4.72 Å². The van der Waals surface area contributed by atoms with E-state index in [9.17, 15) is 28.1 Å². The van der Waals surface area contributed by atoms with Crippen LogP contribution in [0, 0.1) is 10.1 Å². The summed E-state index contributed by atoms with van der Waals surface area (Å²) >= 11 is 0. The normalized spacial score (nSPS) is 10.7. The fourth-order valence-electron chi connectivity index (χ4n) is 1.93. The predicted molar refractivity (Wildman–Crippen MR) is 87.4 cm³/mol. The summed E-state index contributed by atoms with van der Waals surface area (Å²) < 4.78 is 25.1. The van der Waals surface area contributed by atoms with E-state index in [4.69, 9.17) is 5.73 Å². The molecule has 0 spiro atoms. The Bertz CT molecular complexity index is 940. The van der Waals surface area contributed by atoms with Gasteiger partial charge < -0.3 is 11.1 Å². The van der Waals surface area contributed by atoms with Gasteiger partial charge in [-0.1, -0.05) is 12.1 Å². The second kappa shape index (κ2) is 6.97. The highest BCUT2D eigenvalue weighted by atomic mass is 32.2. The number of carbonyl (C=O) groups excluding carboxylic acids is 2. The lowest BCUT2D eigenvalue weighted by Gasteiger charge is -2.08. The Morgan fingerprint density at radius 2 is 1.64 bits per heavy atom. The van der Waals surface area contributed by atoms with Crippen LogP contribution < -0.4 is 15.8 Å². The van der Waals surface area contributed by atoms with E-state index in [0.29, 0.717) is 0 Å². The molecule has 0 radical (unpaired) electrons. The standard InChI is InChI=1S/C14H12N4O6S/c15-14(20)17-25(23,24)10-7-5-9(6-8-10)16-13(19)11-3-1-2-4-12(11)18(21)22/h1-8H,(H,16,19)(H3,15,17,20). The third kappa shape index (κ3) is 4.29. The maximum atomic E-state index is 12.2. The molecule has 0 aliphatic rings. The van der Waals surface area contributed by atoms with E-state index in [1.807, 2.05) is 0 Å². The maximum Gasteiger partial charge on any atom is 0.326 e. The van der Waals surface area contributed by atoms with Gasteiger partial charge in [0.25, 0.3) is 21.6 Å². The molecule has 2 aromatic carbocycles. The molecule has 0 aromatic heterocycles. The number of nitrogens with zero attached hydrogens (tertiary/aromatic N) is 1. The number of hydrogen-bond acceptors (Lipinski definition) is 6. The van der Waals surface area contributed by atoms with Gasteiger partial charge in [0.05, 0.1) is 9.82 Å². The number of amides is 3. The number of hydrogen-bond donors (Lipinski definition) is 3. The quantitative estimate of drug-likeness (QED) is 0.533. The van der Waals surface area contributed by atoms with Crippen LogP contribution in [0.15, 0.2) is 53.4 Å². The third-order valence-electron chi connectivity index (χ3n) is 3.00. The molecule has 10 nitrogen and oxygen atoms in total. The molecule has 0 saturated carbocycles. The molecule has 2 aromatic rings. The molecule has 0 aliphatic carbocycles. The smallest absolute Gasteiger partial charge is 0.326 e. The number of anilines is 1. The number of nitro groups is 1. The second-order valence-corrected chi connectivity index (χ2v) is 6.40. The number of rotatable bonds is 5. The monoisotopic (exact) mass is 364 g/mol. The van der Waals surface area contributed by atoms with Crippen LogP contribution in [0.5, 0.6) is 0 Å². The number of para-hydroxylation sites is 1. The van der Waals surface area contributed by atoms with Crippen LogP contribution in [0.4, 0.5) is 16.2 Å². The number of carbonyl (C=O) groups is 2. The van der Waals surface area contributed by atoms with Gasteiger partial charge in [-0.15, -0.1) is 0 Å². The average Bonchev–Trinajstić information content (AvgIpc) is 2.54. The summed E-state index contributed by atoms with van der Waals surface area (Å²) in [6, 6.07) is 8.98. The number of sulfonamides is 1. The molecular formula is C14H12N4O6S. The highest BCUT2D eigenvalue weighted by molar-refractivity contribution is 7.90. The SMILES string of the molecule is NC(=O)NS(=O)(=O)c1ccc(NC(=O)c2ccccc2[N+](=O)[O-])cc1. The summed E-state index contributed by atoms with van der Waals surface area (Å²) in [6.45, 7) is 0. The predicted octanol–water partition coefficient (Wildman–Crippen LogP) is 1.20. The van der Waals surface area contributed by atoms with Crippen LogP contribution in [-0.2, 0) is 10.0 Å². The Hall–Kier alpha value is -3.47. The van der Waals surface area contributed by atoms with Crippen molar-refractivity contribution in [3.63, 3.8) is 0 Å². The van der Waals surface area contributed by atoms with Crippen molar-refractivity contribution in [1.29, 1.82) is 0 Å². The molecular weight excluding hydrogens is 352 g/mol. The average molecular weight is 364 g/mol. The van der Waals surface area contributed by atoms with Gasteiger partial charge in [-0.2, -0.15) is 0 Å². The first kappa shape index (κ1) is 17.9. The zero-order chi connectivity index (χ0) is 18.6. The maximum absolute atomic E-state index is 12.2. The van der Waals surface area contributed by atoms with E-state index in [0.717, 1.165) is 12.1 Å². The first-order valence-electron chi connectivity index (χ1n) is 6.68. The topological polar surface area (TPSA) is 162 Å². The Morgan fingerprint density at radius 3 is 2.20 bits per heavy atom. The van der Waals surface area contributed by atoms with E-state index in [1.54, 1.807) is 4.72 Å². The molecule has 0 atom stereocenters. The lowest BCUT2D eigenvalue weighted by molar-refractivity contribution is -0.385. The summed E-state index contributed by atoms with van der Waals surface area (Å²) in [4.78, 5) is 32.8. The largest absolute Gasteiger partial charge is 0.351 e. The Kier molecular flexibility index (Phi) is 4.98. The third-order valence-corrected chi connectivity index (χ3v) is 4.37. The lowest BCUT2D eigenvalue weighted by atomic mass is 10.1. The summed E-state index contributed by atoms with van der Waals surface area (Å²) in [5.41, 5.74) is 4.49. The van der Waals surface area contributed by atoms with Gasteiger partial charge in [-0.25, -0.2) is 17.9 Å². The van der Waals surface area contributed by atoms with Crippen molar-refractivity contribution in [2.24, 2.45) is 5.73 Å². The lowest BCUT2D eigenvalue weighted by Crippen LogP contribution is -2.34. The van der Waals surface area contributed by atoms with E-state index in [1.165, 1.54) is 36.4 Å². The van der Waals surface area contributed by atoms with E-state index in [2.05, 4.69) is 5.32 Å². The zero-order valence-electron chi connectivity index (χ0n) is 12.5. The molecule has 25 heavy (non-hydrogen) atoms. The van der Waals surface area contributed by atoms with Gasteiger partial charge in [-0.3, -0.25) is 14.9 Å².